The van der Waals surface area contributed by atoms with Crippen molar-refractivity contribution in [3.05, 3.63) is 72.1 Å². The summed E-state index contributed by atoms with van der Waals surface area (Å²) in [6.07, 6.45) is 6.26. The van der Waals surface area contributed by atoms with Crippen molar-refractivity contribution >= 4 is 10.8 Å². The fourth-order valence-corrected chi connectivity index (χ4v) is 4.01. The zero-order valence-electron chi connectivity index (χ0n) is 15.7. The summed E-state index contributed by atoms with van der Waals surface area (Å²) in [5, 5.41) is 2.50. The monoisotopic (exact) mass is 364 g/mol. The number of fused-ring (bicyclic) bond motifs is 1. The van der Waals surface area contributed by atoms with Crippen LogP contribution in [-0.2, 0) is 13.0 Å². The van der Waals surface area contributed by atoms with Crippen LogP contribution < -0.4 is 0 Å². The minimum Gasteiger partial charge on any atom is -0.305 e. The van der Waals surface area contributed by atoms with Gasteiger partial charge in [0.15, 0.2) is 0 Å². The third-order valence-corrected chi connectivity index (χ3v) is 5.32. The van der Waals surface area contributed by atoms with E-state index >= 15 is 0 Å². The molecule has 4 rings (SSSR count). The number of likely N-dealkylation sites (N-methyl/N-ethyl adjacent to an activating group) is 1. The van der Waals surface area contributed by atoms with Crippen LogP contribution in [0.5, 0.6) is 0 Å². The molecule has 0 saturated carbocycles. The van der Waals surface area contributed by atoms with Gasteiger partial charge in [0.25, 0.3) is 0 Å². The first kappa shape index (κ1) is 18.0. The van der Waals surface area contributed by atoms with E-state index in [1.54, 1.807) is 6.07 Å². The molecule has 0 spiro atoms. The molecule has 2 aromatic heterocycles. The molecular weight excluding hydrogens is 339 g/mol. The van der Waals surface area contributed by atoms with Gasteiger partial charge < -0.3 is 4.90 Å². The molecule has 1 fully saturated rings. The van der Waals surface area contributed by atoms with Gasteiger partial charge in [0.05, 0.1) is 11.9 Å². The minimum atomic E-state index is -0.282. The molecule has 0 bridgehead atoms. The van der Waals surface area contributed by atoms with Crippen LogP contribution >= 0.6 is 0 Å². The fraction of sp³-hybridized carbons (Fsp3) is 0.364. The van der Waals surface area contributed by atoms with Gasteiger partial charge in [-0.3, -0.25) is 14.9 Å². The first-order chi connectivity index (χ1) is 13.2. The van der Waals surface area contributed by atoms with Gasteiger partial charge in [-0.25, -0.2) is 4.39 Å². The molecule has 1 aliphatic rings. The van der Waals surface area contributed by atoms with Crippen molar-refractivity contribution in [1.29, 1.82) is 0 Å². The lowest BCUT2D eigenvalue weighted by molar-refractivity contribution is 0.246. The second-order valence-electron chi connectivity index (χ2n) is 7.56. The molecule has 27 heavy (non-hydrogen) atoms. The molecule has 0 radical (unpaired) electrons. The molecule has 3 aromatic rings. The summed E-state index contributed by atoms with van der Waals surface area (Å²) < 4.78 is 13.1. The number of pyridine rings is 2. The Bertz CT molecular complexity index is 891. The van der Waals surface area contributed by atoms with Crippen LogP contribution in [0.15, 0.2) is 55.0 Å². The molecule has 3 heterocycles. The Balaban J connectivity index is 1.51. The summed E-state index contributed by atoms with van der Waals surface area (Å²) >= 11 is 0. The standard InChI is InChI=1S/C22H25FN4/c1-26-8-9-27(16-21-7-6-20(23)13-25-21)15-17(14-26)10-19-12-24-11-18-4-2-3-5-22(18)19/h2-7,11-13,17H,8-10,14-16H2,1H3. The maximum absolute atomic E-state index is 13.1. The molecule has 140 valence electrons. The van der Waals surface area contributed by atoms with E-state index in [1.807, 2.05) is 12.4 Å². The van der Waals surface area contributed by atoms with E-state index in [-0.39, 0.29) is 5.82 Å². The molecule has 0 amide bonds. The van der Waals surface area contributed by atoms with Crippen LogP contribution in [-0.4, -0.2) is 53.0 Å². The van der Waals surface area contributed by atoms with Crippen molar-refractivity contribution in [2.75, 3.05) is 33.2 Å². The molecule has 1 aromatic carbocycles. The van der Waals surface area contributed by atoms with Crippen LogP contribution in [0.2, 0.25) is 0 Å². The quantitative estimate of drug-likeness (QED) is 0.710. The predicted molar refractivity (Wildman–Crippen MR) is 106 cm³/mol. The average Bonchev–Trinajstić information content (AvgIpc) is 2.85. The van der Waals surface area contributed by atoms with Crippen molar-refractivity contribution in [2.24, 2.45) is 5.92 Å². The number of rotatable bonds is 4. The number of nitrogens with zero attached hydrogens (tertiary/aromatic N) is 4. The van der Waals surface area contributed by atoms with Gasteiger partial charge in [0, 0.05) is 50.5 Å². The van der Waals surface area contributed by atoms with Crippen molar-refractivity contribution in [3.8, 4) is 0 Å². The second kappa shape index (κ2) is 8.11. The number of benzene rings is 1. The highest BCUT2D eigenvalue weighted by Crippen LogP contribution is 2.22. The Morgan fingerprint density at radius 2 is 1.93 bits per heavy atom. The summed E-state index contributed by atoms with van der Waals surface area (Å²) in [6.45, 7) is 4.87. The smallest absolute Gasteiger partial charge is 0.141 e. The summed E-state index contributed by atoms with van der Waals surface area (Å²) in [5.41, 5.74) is 2.24. The number of hydrogen-bond acceptors (Lipinski definition) is 4. The average molecular weight is 364 g/mol. The normalized spacial score (nSPS) is 19.3. The van der Waals surface area contributed by atoms with Gasteiger partial charge in [-0.15, -0.1) is 0 Å². The van der Waals surface area contributed by atoms with E-state index in [9.17, 15) is 4.39 Å². The van der Waals surface area contributed by atoms with E-state index in [0.717, 1.165) is 44.8 Å². The van der Waals surface area contributed by atoms with Crippen LogP contribution in [0.1, 0.15) is 11.3 Å². The highest BCUT2D eigenvalue weighted by atomic mass is 19.1. The minimum absolute atomic E-state index is 0.282. The molecule has 1 atom stereocenters. The molecular formula is C22H25FN4. The third-order valence-electron chi connectivity index (χ3n) is 5.32. The van der Waals surface area contributed by atoms with Crippen molar-refractivity contribution < 1.29 is 4.39 Å². The number of hydrogen-bond donors (Lipinski definition) is 0. The number of halogens is 1. The summed E-state index contributed by atoms with van der Waals surface area (Å²) in [7, 11) is 2.19. The molecule has 0 aliphatic carbocycles. The van der Waals surface area contributed by atoms with Crippen LogP contribution in [0.3, 0.4) is 0 Å². The summed E-state index contributed by atoms with van der Waals surface area (Å²) in [4.78, 5) is 13.5. The molecule has 4 nitrogen and oxygen atoms in total. The van der Waals surface area contributed by atoms with Crippen LogP contribution in [0.4, 0.5) is 4.39 Å². The third kappa shape index (κ3) is 4.49. The van der Waals surface area contributed by atoms with Crippen molar-refractivity contribution in [1.82, 2.24) is 19.8 Å². The van der Waals surface area contributed by atoms with Crippen LogP contribution in [0.25, 0.3) is 10.8 Å². The van der Waals surface area contributed by atoms with Crippen molar-refractivity contribution in [3.63, 3.8) is 0 Å². The first-order valence-electron chi connectivity index (χ1n) is 9.50. The Labute approximate surface area is 159 Å². The highest BCUT2D eigenvalue weighted by molar-refractivity contribution is 5.84. The van der Waals surface area contributed by atoms with E-state index in [4.69, 9.17) is 0 Å². The topological polar surface area (TPSA) is 32.3 Å². The Morgan fingerprint density at radius 3 is 2.78 bits per heavy atom. The maximum Gasteiger partial charge on any atom is 0.141 e. The molecule has 1 unspecified atom stereocenters. The van der Waals surface area contributed by atoms with Crippen molar-refractivity contribution in [2.45, 2.75) is 13.0 Å². The predicted octanol–water partition coefficient (Wildman–Crippen LogP) is 3.38. The van der Waals surface area contributed by atoms with E-state index in [2.05, 4.69) is 51.1 Å². The fourth-order valence-electron chi connectivity index (χ4n) is 4.01. The van der Waals surface area contributed by atoms with Gasteiger partial charge in [-0.1, -0.05) is 24.3 Å². The zero-order chi connectivity index (χ0) is 18.6. The van der Waals surface area contributed by atoms with Gasteiger partial charge in [0.2, 0.25) is 0 Å². The Kier molecular flexibility index (Phi) is 5.41. The van der Waals surface area contributed by atoms with Crippen LogP contribution in [0, 0.1) is 11.7 Å². The second-order valence-corrected chi connectivity index (χ2v) is 7.56. The number of aromatic nitrogens is 2. The maximum atomic E-state index is 13.1. The molecule has 1 saturated heterocycles. The first-order valence-corrected chi connectivity index (χ1v) is 9.50. The highest BCUT2D eigenvalue weighted by Gasteiger charge is 2.22. The van der Waals surface area contributed by atoms with E-state index in [0.29, 0.717) is 5.92 Å². The molecule has 0 N–H and O–H groups in total. The van der Waals surface area contributed by atoms with E-state index in [1.165, 1.54) is 28.6 Å². The lowest BCUT2D eigenvalue weighted by Crippen LogP contribution is -2.30. The lowest BCUT2D eigenvalue weighted by Gasteiger charge is -2.24. The summed E-state index contributed by atoms with van der Waals surface area (Å²) in [6, 6.07) is 11.7. The Hall–Kier alpha value is -2.37. The summed E-state index contributed by atoms with van der Waals surface area (Å²) in [5.74, 6) is 0.237. The molecule has 5 heteroatoms. The SMILES string of the molecule is CN1CCN(Cc2ccc(F)cn2)CC(Cc2cncc3ccccc23)C1. The van der Waals surface area contributed by atoms with E-state index < -0.39 is 0 Å². The Morgan fingerprint density at radius 1 is 1.04 bits per heavy atom. The van der Waals surface area contributed by atoms with Gasteiger partial charge in [0.1, 0.15) is 5.82 Å². The van der Waals surface area contributed by atoms with Gasteiger partial charge in [-0.05, 0) is 42.5 Å². The van der Waals surface area contributed by atoms with Gasteiger partial charge in [-0.2, -0.15) is 0 Å². The van der Waals surface area contributed by atoms with Gasteiger partial charge >= 0.3 is 0 Å². The largest absolute Gasteiger partial charge is 0.305 e. The molecule has 1 aliphatic heterocycles. The zero-order valence-corrected chi connectivity index (χ0v) is 15.7. The lowest BCUT2D eigenvalue weighted by atomic mass is 9.96.